The zero-order valence-electron chi connectivity index (χ0n) is 19.7. The summed E-state index contributed by atoms with van der Waals surface area (Å²) in [4.78, 5) is 17.4. The molecule has 1 aromatic carbocycles. The fourth-order valence-corrected chi connectivity index (χ4v) is 6.39. The maximum atomic E-state index is 12.3. The van der Waals surface area contributed by atoms with E-state index < -0.39 is 0 Å². The van der Waals surface area contributed by atoms with Crippen LogP contribution in [0, 0.1) is 5.92 Å². The number of carbonyl (C=O) groups is 1. The van der Waals surface area contributed by atoms with Crippen LogP contribution < -0.4 is 15.6 Å². The van der Waals surface area contributed by atoms with Gasteiger partial charge in [-0.05, 0) is 68.2 Å². The number of hydrazine groups is 1. The first kappa shape index (κ1) is 22.9. The van der Waals surface area contributed by atoms with Crippen molar-refractivity contribution in [1.29, 1.82) is 0 Å². The predicted octanol–water partition coefficient (Wildman–Crippen LogP) is 4.07. The number of rotatable bonds is 6. The summed E-state index contributed by atoms with van der Waals surface area (Å²) in [5.74, 6) is 1.94. The molecule has 0 unspecified atom stereocenters. The van der Waals surface area contributed by atoms with E-state index in [2.05, 4.69) is 49.8 Å². The minimum Gasteiger partial charge on any atom is -0.353 e. The zero-order valence-corrected chi connectivity index (χ0v) is 20.5. The summed E-state index contributed by atoms with van der Waals surface area (Å²) < 4.78 is 6.01. The normalized spacial score (nSPS) is 22.0. The third-order valence-electron chi connectivity index (χ3n) is 7.70. The quantitative estimate of drug-likeness (QED) is 0.666. The fourth-order valence-electron chi connectivity index (χ4n) is 5.59. The summed E-state index contributed by atoms with van der Waals surface area (Å²) >= 11 is 1.61. The van der Waals surface area contributed by atoms with Crippen molar-refractivity contribution in [2.75, 3.05) is 50.7 Å². The van der Waals surface area contributed by atoms with Gasteiger partial charge >= 0.3 is 6.03 Å². The molecular weight excluding hydrogens is 432 g/mol. The Bertz CT molecular complexity index is 897. The number of urea groups is 1. The Morgan fingerprint density at radius 1 is 0.970 bits per heavy atom. The number of amides is 2. The Balaban J connectivity index is 0.985. The first-order valence-corrected chi connectivity index (χ1v) is 13.7. The van der Waals surface area contributed by atoms with E-state index in [9.17, 15) is 4.79 Å². The van der Waals surface area contributed by atoms with E-state index in [1.807, 2.05) is 0 Å². The molecule has 2 aromatic rings. The van der Waals surface area contributed by atoms with Gasteiger partial charge in [0.2, 0.25) is 0 Å². The zero-order chi connectivity index (χ0) is 22.5. The summed E-state index contributed by atoms with van der Waals surface area (Å²) in [5, 5.41) is 6.57. The standard InChI is InChI=1S/C25H38N6OS/c32-25(26-21-6-2-1-3-7-21)27-31-14-11-20(12-15-31)10-13-29-16-18-30(19-17-29)24-22-8-4-5-9-23(22)33-28-24/h4-5,8-9,20-21H,1-3,6-7,10-19H2,(H2,26,27,32). The van der Waals surface area contributed by atoms with Crippen LogP contribution in [0.4, 0.5) is 10.6 Å². The van der Waals surface area contributed by atoms with Gasteiger partial charge in [0.05, 0.1) is 4.70 Å². The highest BCUT2D eigenvalue weighted by Crippen LogP contribution is 2.30. The molecule has 2 aliphatic heterocycles. The van der Waals surface area contributed by atoms with Gasteiger partial charge in [0.1, 0.15) is 5.82 Å². The molecule has 3 fully saturated rings. The lowest BCUT2D eigenvalue weighted by Gasteiger charge is -2.37. The largest absolute Gasteiger partial charge is 0.353 e. The van der Waals surface area contributed by atoms with Crippen LogP contribution in [0.5, 0.6) is 0 Å². The van der Waals surface area contributed by atoms with Gasteiger partial charge in [-0.1, -0.05) is 31.4 Å². The van der Waals surface area contributed by atoms with Crippen molar-refractivity contribution in [2.24, 2.45) is 5.92 Å². The molecule has 1 aliphatic carbocycles. The molecule has 2 amide bonds. The van der Waals surface area contributed by atoms with Gasteiger partial charge in [0.15, 0.2) is 0 Å². The van der Waals surface area contributed by atoms with Gasteiger partial charge in [-0.25, -0.2) is 9.80 Å². The fraction of sp³-hybridized carbons (Fsp3) is 0.680. The predicted molar refractivity (Wildman–Crippen MR) is 136 cm³/mol. The number of anilines is 1. The highest BCUT2D eigenvalue weighted by atomic mass is 32.1. The number of carbonyl (C=O) groups excluding carboxylic acids is 1. The summed E-state index contributed by atoms with van der Waals surface area (Å²) in [5.41, 5.74) is 3.09. The number of hydrogen-bond donors (Lipinski definition) is 2. The Kier molecular flexibility index (Phi) is 7.64. The topological polar surface area (TPSA) is 63.7 Å². The minimum atomic E-state index is -0.00823. The van der Waals surface area contributed by atoms with E-state index in [0.717, 1.165) is 58.0 Å². The molecule has 1 saturated carbocycles. The van der Waals surface area contributed by atoms with Crippen molar-refractivity contribution in [2.45, 2.75) is 57.4 Å². The Hall–Kier alpha value is -1.90. The second kappa shape index (κ2) is 11.0. The molecule has 180 valence electrons. The van der Waals surface area contributed by atoms with Crippen LogP contribution >= 0.6 is 11.5 Å². The maximum Gasteiger partial charge on any atom is 0.329 e. The average Bonchev–Trinajstić information content (AvgIpc) is 3.29. The molecule has 1 aromatic heterocycles. The van der Waals surface area contributed by atoms with E-state index in [-0.39, 0.29) is 6.03 Å². The van der Waals surface area contributed by atoms with Crippen molar-refractivity contribution < 1.29 is 4.79 Å². The number of nitrogens with zero attached hydrogens (tertiary/aromatic N) is 4. The van der Waals surface area contributed by atoms with Gasteiger partial charge in [-0.15, -0.1) is 0 Å². The molecule has 0 atom stereocenters. The van der Waals surface area contributed by atoms with Gasteiger partial charge in [0, 0.05) is 50.7 Å². The number of fused-ring (bicyclic) bond motifs is 1. The molecule has 33 heavy (non-hydrogen) atoms. The molecule has 2 N–H and O–H groups in total. The number of benzene rings is 1. The van der Waals surface area contributed by atoms with Gasteiger partial charge in [-0.3, -0.25) is 10.3 Å². The van der Waals surface area contributed by atoms with Crippen LogP contribution in [0.15, 0.2) is 24.3 Å². The van der Waals surface area contributed by atoms with E-state index >= 15 is 0 Å². The third kappa shape index (κ3) is 5.97. The molecule has 3 aliphatic rings. The molecule has 0 bridgehead atoms. The summed E-state index contributed by atoms with van der Waals surface area (Å²) in [7, 11) is 0. The van der Waals surface area contributed by atoms with Crippen molar-refractivity contribution in [1.82, 2.24) is 25.0 Å². The number of piperazine rings is 1. The second-order valence-electron chi connectivity index (χ2n) is 9.97. The highest BCUT2D eigenvalue weighted by Gasteiger charge is 2.24. The molecular formula is C25H38N6OS. The second-order valence-corrected chi connectivity index (χ2v) is 10.8. The molecule has 8 heteroatoms. The molecule has 7 nitrogen and oxygen atoms in total. The number of nitrogens with one attached hydrogen (secondary N) is 2. The van der Waals surface area contributed by atoms with Crippen molar-refractivity contribution in [3.05, 3.63) is 24.3 Å². The lowest BCUT2D eigenvalue weighted by molar-refractivity contribution is 0.119. The van der Waals surface area contributed by atoms with Crippen molar-refractivity contribution in [3.8, 4) is 0 Å². The lowest BCUT2D eigenvalue weighted by atomic mass is 9.94. The first-order chi connectivity index (χ1) is 16.2. The third-order valence-corrected chi connectivity index (χ3v) is 8.52. The van der Waals surface area contributed by atoms with Gasteiger partial charge in [0.25, 0.3) is 0 Å². The monoisotopic (exact) mass is 470 g/mol. The Labute approximate surface area is 201 Å². The Morgan fingerprint density at radius 3 is 2.52 bits per heavy atom. The van der Waals surface area contributed by atoms with Crippen LogP contribution in [-0.4, -0.2) is 72.2 Å². The van der Waals surface area contributed by atoms with E-state index in [1.165, 1.54) is 61.0 Å². The first-order valence-electron chi connectivity index (χ1n) is 12.9. The highest BCUT2D eigenvalue weighted by molar-refractivity contribution is 7.13. The van der Waals surface area contributed by atoms with Gasteiger partial charge in [-0.2, -0.15) is 4.37 Å². The van der Waals surface area contributed by atoms with Crippen LogP contribution in [0.2, 0.25) is 0 Å². The molecule has 0 radical (unpaired) electrons. The summed E-state index contributed by atoms with van der Waals surface area (Å²) in [6, 6.07) is 8.92. The lowest BCUT2D eigenvalue weighted by Crippen LogP contribution is -2.52. The van der Waals surface area contributed by atoms with Crippen LogP contribution in [0.1, 0.15) is 51.4 Å². The van der Waals surface area contributed by atoms with Crippen molar-refractivity contribution >= 4 is 33.5 Å². The molecule has 2 saturated heterocycles. The average molecular weight is 471 g/mol. The smallest absolute Gasteiger partial charge is 0.329 e. The summed E-state index contributed by atoms with van der Waals surface area (Å²) in [6.45, 7) is 7.48. The van der Waals surface area contributed by atoms with E-state index in [1.54, 1.807) is 11.5 Å². The molecule has 5 rings (SSSR count). The molecule has 0 spiro atoms. The number of aromatic nitrogens is 1. The van der Waals surface area contributed by atoms with E-state index in [0.29, 0.717) is 6.04 Å². The van der Waals surface area contributed by atoms with Crippen molar-refractivity contribution in [3.63, 3.8) is 0 Å². The molecule has 3 heterocycles. The maximum absolute atomic E-state index is 12.3. The summed E-state index contributed by atoms with van der Waals surface area (Å²) in [6.07, 6.45) is 9.67. The minimum absolute atomic E-state index is 0.00823. The number of piperidine rings is 1. The number of hydrogen-bond acceptors (Lipinski definition) is 6. The Morgan fingerprint density at radius 2 is 1.73 bits per heavy atom. The van der Waals surface area contributed by atoms with Crippen LogP contribution in [0.25, 0.3) is 10.1 Å². The van der Waals surface area contributed by atoms with E-state index in [4.69, 9.17) is 4.37 Å². The van der Waals surface area contributed by atoms with Crippen LogP contribution in [-0.2, 0) is 0 Å². The SMILES string of the molecule is O=C(NC1CCCCC1)NN1CCC(CCN2CCN(c3nsc4ccccc34)CC2)CC1. The van der Waals surface area contributed by atoms with Gasteiger partial charge < -0.3 is 10.2 Å². The van der Waals surface area contributed by atoms with Crippen LogP contribution in [0.3, 0.4) is 0 Å².